The lowest BCUT2D eigenvalue weighted by Crippen LogP contribution is -2.35. The number of fused-ring (bicyclic) bond motifs is 1. The highest BCUT2D eigenvalue weighted by Crippen LogP contribution is 2.17. The molecule has 0 aliphatic heterocycles. The molecule has 0 unspecified atom stereocenters. The number of benzene rings is 2. The zero-order valence-corrected chi connectivity index (χ0v) is 14.1. The van der Waals surface area contributed by atoms with Crippen molar-refractivity contribution in [1.29, 1.82) is 0 Å². The standard InChI is InChI=1S/C18H19N5O2/c1-3-12-7-4-5-9-14(12)19-16(24)11-23(2)18(25)13-8-6-10-15-17(13)21-22-20-15/h4-10H,3,11H2,1-2H3,(H,19,24)(H,20,21,22). The van der Waals surface area contributed by atoms with E-state index in [0.29, 0.717) is 16.6 Å². The van der Waals surface area contributed by atoms with Gasteiger partial charge in [0.2, 0.25) is 5.91 Å². The van der Waals surface area contributed by atoms with Gasteiger partial charge in [0.25, 0.3) is 5.91 Å². The Morgan fingerprint density at radius 2 is 1.92 bits per heavy atom. The van der Waals surface area contributed by atoms with E-state index in [1.807, 2.05) is 31.2 Å². The van der Waals surface area contributed by atoms with E-state index in [-0.39, 0.29) is 18.4 Å². The lowest BCUT2D eigenvalue weighted by atomic mass is 10.1. The zero-order chi connectivity index (χ0) is 17.8. The van der Waals surface area contributed by atoms with Crippen LogP contribution in [0.3, 0.4) is 0 Å². The first-order chi connectivity index (χ1) is 12.1. The van der Waals surface area contributed by atoms with Crippen LogP contribution in [0.4, 0.5) is 5.69 Å². The normalized spacial score (nSPS) is 10.6. The maximum absolute atomic E-state index is 12.6. The summed E-state index contributed by atoms with van der Waals surface area (Å²) in [6.45, 7) is 1.98. The first kappa shape index (κ1) is 16.6. The Kier molecular flexibility index (Phi) is 4.74. The van der Waals surface area contributed by atoms with E-state index in [1.165, 1.54) is 4.90 Å². The summed E-state index contributed by atoms with van der Waals surface area (Å²) in [5, 5.41) is 13.4. The molecule has 2 N–H and O–H groups in total. The van der Waals surface area contributed by atoms with Gasteiger partial charge in [-0.2, -0.15) is 15.4 Å². The predicted molar refractivity (Wildman–Crippen MR) is 95.3 cm³/mol. The summed E-state index contributed by atoms with van der Waals surface area (Å²) >= 11 is 0. The van der Waals surface area contributed by atoms with E-state index in [2.05, 4.69) is 20.7 Å². The monoisotopic (exact) mass is 337 g/mol. The third-order valence-corrected chi connectivity index (χ3v) is 3.98. The van der Waals surface area contributed by atoms with Crippen molar-refractivity contribution in [3.63, 3.8) is 0 Å². The predicted octanol–water partition coefficient (Wildman–Crippen LogP) is 2.23. The van der Waals surface area contributed by atoms with Gasteiger partial charge in [-0.05, 0) is 30.2 Å². The maximum atomic E-state index is 12.6. The van der Waals surface area contributed by atoms with Crippen LogP contribution in [0.2, 0.25) is 0 Å². The van der Waals surface area contributed by atoms with Crippen LogP contribution >= 0.6 is 0 Å². The number of hydrogen-bond donors (Lipinski definition) is 2. The van der Waals surface area contributed by atoms with Crippen molar-refractivity contribution in [2.75, 3.05) is 18.9 Å². The molecule has 0 radical (unpaired) electrons. The number of anilines is 1. The van der Waals surface area contributed by atoms with Crippen molar-refractivity contribution in [1.82, 2.24) is 20.3 Å². The number of rotatable bonds is 5. The molecule has 2 amide bonds. The number of nitrogens with one attached hydrogen (secondary N) is 2. The van der Waals surface area contributed by atoms with Crippen LogP contribution in [0.5, 0.6) is 0 Å². The fourth-order valence-electron chi connectivity index (χ4n) is 2.67. The minimum absolute atomic E-state index is 0.0505. The van der Waals surface area contributed by atoms with E-state index in [0.717, 1.165) is 17.7 Å². The number of aromatic amines is 1. The van der Waals surface area contributed by atoms with Gasteiger partial charge in [0.15, 0.2) is 0 Å². The van der Waals surface area contributed by atoms with Crippen molar-refractivity contribution in [2.24, 2.45) is 0 Å². The summed E-state index contributed by atoms with van der Waals surface area (Å²) in [7, 11) is 1.59. The number of aryl methyl sites for hydroxylation is 1. The zero-order valence-electron chi connectivity index (χ0n) is 14.1. The number of nitrogens with zero attached hydrogens (tertiary/aromatic N) is 3. The second kappa shape index (κ2) is 7.12. The Balaban J connectivity index is 1.71. The van der Waals surface area contributed by atoms with Gasteiger partial charge in [-0.25, -0.2) is 0 Å². The number of amides is 2. The molecule has 0 saturated heterocycles. The molecule has 2 aromatic carbocycles. The largest absolute Gasteiger partial charge is 0.332 e. The molecule has 0 aliphatic carbocycles. The molecule has 3 rings (SSSR count). The van der Waals surface area contributed by atoms with Crippen molar-refractivity contribution in [3.05, 3.63) is 53.6 Å². The molecule has 0 bridgehead atoms. The number of hydrogen-bond acceptors (Lipinski definition) is 4. The van der Waals surface area contributed by atoms with Crippen LogP contribution in [-0.4, -0.2) is 45.7 Å². The molecular weight excluding hydrogens is 318 g/mol. The molecule has 1 aromatic heterocycles. The molecule has 1 heterocycles. The third kappa shape index (κ3) is 3.50. The van der Waals surface area contributed by atoms with Crippen molar-refractivity contribution in [2.45, 2.75) is 13.3 Å². The molecule has 3 aromatic rings. The minimum Gasteiger partial charge on any atom is -0.332 e. The van der Waals surface area contributed by atoms with Crippen molar-refractivity contribution >= 4 is 28.5 Å². The van der Waals surface area contributed by atoms with Crippen LogP contribution in [0.25, 0.3) is 11.0 Å². The van der Waals surface area contributed by atoms with Gasteiger partial charge in [0.1, 0.15) is 11.0 Å². The van der Waals surface area contributed by atoms with E-state index in [4.69, 9.17) is 0 Å². The van der Waals surface area contributed by atoms with Gasteiger partial charge in [-0.1, -0.05) is 31.2 Å². The fourth-order valence-corrected chi connectivity index (χ4v) is 2.67. The highest BCUT2D eigenvalue weighted by molar-refractivity contribution is 6.06. The highest BCUT2D eigenvalue weighted by atomic mass is 16.2. The van der Waals surface area contributed by atoms with Gasteiger partial charge >= 0.3 is 0 Å². The number of carbonyl (C=O) groups excluding carboxylic acids is 2. The SMILES string of the molecule is CCc1ccccc1NC(=O)CN(C)C(=O)c1cccc2n[nH]nc12. The van der Waals surface area contributed by atoms with Gasteiger partial charge in [-0.3, -0.25) is 9.59 Å². The number of carbonyl (C=O) groups is 2. The maximum Gasteiger partial charge on any atom is 0.256 e. The second-order valence-corrected chi connectivity index (χ2v) is 5.72. The summed E-state index contributed by atoms with van der Waals surface area (Å²) in [4.78, 5) is 26.3. The summed E-state index contributed by atoms with van der Waals surface area (Å²) in [6.07, 6.45) is 0.819. The molecule has 0 fully saturated rings. The molecule has 25 heavy (non-hydrogen) atoms. The molecule has 0 atom stereocenters. The first-order valence-electron chi connectivity index (χ1n) is 8.03. The Labute approximate surface area is 145 Å². The van der Waals surface area contributed by atoms with Crippen molar-refractivity contribution in [3.8, 4) is 0 Å². The average molecular weight is 337 g/mol. The van der Waals surface area contributed by atoms with Crippen LogP contribution < -0.4 is 5.32 Å². The smallest absolute Gasteiger partial charge is 0.256 e. The number of aromatic nitrogens is 3. The topological polar surface area (TPSA) is 91.0 Å². The van der Waals surface area contributed by atoms with E-state index >= 15 is 0 Å². The van der Waals surface area contributed by atoms with Crippen LogP contribution in [0.15, 0.2) is 42.5 Å². The van der Waals surface area contributed by atoms with E-state index in [9.17, 15) is 9.59 Å². The highest BCUT2D eigenvalue weighted by Gasteiger charge is 2.19. The number of likely N-dealkylation sites (N-methyl/N-ethyl adjacent to an activating group) is 1. The van der Waals surface area contributed by atoms with Crippen molar-refractivity contribution < 1.29 is 9.59 Å². The van der Waals surface area contributed by atoms with E-state index in [1.54, 1.807) is 25.2 Å². The molecule has 0 spiro atoms. The summed E-state index contributed by atoms with van der Waals surface area (Å²) in [5.74, 6) is -0.525. The van der Waals surface area contributed by atoms with Gasteiger partial charge < -0.3 is 10.2 Å². The molecule has 0 aliphatic rings. The quantitative estimate of drug-likeness (QED) is 0.747. The molecule has 128 valence electrons. The van der Waals surface area contributed by atoms with Crippen LogP contribution in [0.1, 0.15) is 22.8 Å². The van der Waals surface area contributed by atoms with Crippen LogP contribution in [-0.2, 0) is 11.2 Å². The number of para-hydroxylation sites is 2. The third-order valence-electron chi connectivity index (χ3n) is 3.98. The first-order valence-corrected chi connectivity index (χ1v) is 8.03. The van der Waals surface area contributed by atoms with Crippen LogP contribution in [0, 0.1) is 0 Å². The molecule has 0 saturated carbocycles. The average Bonchev–Trinajstić information content (AvgIpc) is 3.10. The summed E-state index contributed by atoms with van der Waals surface area (Å²) in [5.41, 5.74) is 3.35. The van der Waals surface area contributed by atoms with Gasteiger partial charge in [0.05, 0.1) is 12.1 Å². The van der Waals surface area contributed by atoms with Gasteiger partial charge in [0, 0.05) is 12.7 Å². The lowest BCUT2D eigenvalue weighted by molar-refractivity contribution is -0.116. The molecule has 7 nitrogen and oxygen atoms in total. The minimum atomic E-state index is -0.279. The lowest BCUT2D eigenvalue weighted by Gasteiger charge is -2.17. The molecule has 7 heteroatoms. The Morgan fingerprint density at radius 3 is 2.72 bits per heavy atom. The number of H-pyrrole nitrogens is 1. The molecular formula is C18H19N5O2. The van der Waals surface area contributed by atoms with E-state index < -0.39 is 0 Å². The Morgan fingerprint density at radius 1 is 1.12 bits per heavy atom. The van der Waals surface area contributed by atoms with Gasteiger partial charge in [-0.15, -0.1) is 0 Å². The Hall–Kier alpha value is -3.22. The summed E-state index contributed by atoms with van der Waals surface area (Å²) < 4.78 is 0. The Bertz CT molecular complexity index is 918. The second-order valence-electron chi connectivity index (χ2n) is 5.72. The summed E-state index contributed by atoms with van der Waals surface area (Å²) in [6, 6.07) is 12.8. The fraction of sp³-hybridized carbons (Fsp3) is 0.222.